The van der Waals surface area contributed by atoms with E-state index in [0.717, 1.165) is 6.42 Å². The first-order valence-electron chi connectivity index (χ1n) is 3.73. The second-order valence-corrected chi connectivity index (χ2v) is 2.49. The summed E-state index contributed by atoms with van der Waals surface area (Å²) in [6.45, 7) is 6.47. The third-order valence-corrected chi connectivity index (χ3v) is 1.92. The zero-order valence-corrected chi connectivity index (χ0v) is 6.59. The first-order chi connectivity index (χ1) is 4.79. The predicted octanol–water partition coefficient (Wildman–Crippen LogP) is 0.766. The summed E-state index contributed by atoms with van der Waals surface area (Å²) in [5.74, 6) is 0.567. The maximum absolute atomic E-state index is 8.83. The van der Waals surface area contributed by atoms with Gasteiger partial charge in [-0.2, -0.15) is 0 Å². The molecule has 10 heavy (non-hydrogen) atoms. The highest BCUT2D eigenvalue weighted by Crippen LogP contribution is 2.14. The van der Waals surface area contributed by atoms with Gasteiger partial charge in [-0.1, -0.05) is 13.0 Å². The van der Waals surface area contributed by atoms with E-state index in [2.05, 4.69) is 13.5 Å². The van der Waals surface area contributed by atoms with E-state index in [9.17, 15) is 0 Å². The molecule has 0 radical (unpaired) electrons. The highest BCUT2D eigenvalue weighted by molar-refractivity contribution is 4.83. The normalized spacial score (nSPS) is 16.3. The van der Waals surface area contributed by atoms with E-state index in [1.54, 1.807) is 0 Å². The molecule has 0 amide bonds. The van der Waals surface area contributed by atoms with Crippen molar-refractivity contribution < 1.29 is 5.11 Å². The molecule has 0 fully saturated rings. The number of aliphatic hydroxyl groups is 1. The molecule has 0 spiro atoms. The van der Waals surface area contributed by atoms with Gasteiger partial charge in [0.25, 0.3) is 0 Å². The molecule has 0 unspecified atom stereocenters. The summed E-state index contributed by atoms with van der Waals surface area (Å²) < 4.78 is 0. The van der Waals surface area contributed by atoms with Gasteiger partial charge in [0.2, 0.25) is 0 Å². The maximum atomic E-state index is 8.83. The van der Waals surface area contributed by atoms with Gasteiger partial charge in [-0.15, -0.1) is 6.58 Å². The van der Waals surface area contributed by atoms with Crippen LogP contribution in [0, 0.1) is 11.8 Å². The molecule has 2 nitrogen and oxygen atoms in total. The molecule has 2 heteroatoms. The largest absolute Gasteiger partial charge is 0.396 e. The van der Waals surface area contributed by atoms with Gasteiger partial charge in [0.15, 0.2) is 0 Å². The number of aliphatic hydroxyl groups excluding tert-OH is 1. The SMILES string of the molecule is C=C[C@@H](CC)[C@H](CN)CO. The molecule has 0 rings (SSSR count). The van der Waals surface area contributed by atoms with Gasteiger partial charge in [-0.05, 0) is 18.9 Å². The van der Waals surface area contributed by atoms with Gasteiger partial charge in [0.1, 0.15) is 0 Å². The van der Waals surface area contributed by atoms with Gasteiger partial charge in [0.05, 0.1) is 0 Å². The first kappa shape index (κ1) is 9.66. The van der Waals surface area contributed by atoms with Crippen LogP contribution in [0.3, 0.4) is 0 Å². The van der Waals surface area contributed by atoms with E-state index in [-0.39, 0.29) is 12.5 Å². The lowest BCUT2D eigenvalue weighted by Crippen LogP contribution is -2.25. The molecule has 0 aromatic carbocycles. The average Bonchev–Trinajstić information content (AvgIpc) is 2.00. The van der Waals surface area contributed by atoms with Crippen LogP contribution in [0.25, 0.3) is 0 Å². The molecule has 0 saturated carbocycles. The summed E-state index contributed by atoms with van der Waals surface area (Å²) in [6, 6.07) is 0. The van der Waals surface area contributed by atoms with Gasteiger partial charge in [0, 0.05) is 12.5 Å². The van der Waals surface area contributed by atoms with Crippen molar-refractivity contribution in [1.82, 2.24) is 0 Å². The molecule has 0 aromatic heterocycles. The number of hydrogen-bond donors (Lipinski definition) is 2. The Bertz CT molecular complexity index is 89.3. The zero-order valence-electron chi connectivity index (χ0n) is 6.59. The predicted molar refractivity (Wildman–Crippen MR) is 43.6 cm³/mol. The Kier molecular flexibility index (Phi) is 5.26. The maximum Gasteiger partial charge on any atom is 0.0476 e. The number of rotatable bonds is 5. The fourth-order valence-electron chi connectivity index (χ4n) is 1.08. The Labute approximate surface area is 62.7 Å². The summed E-state index contributed by atoms with van der Waals surface area (Å²) in [6.07, 6.45) is 2.87. The molecule has 3 N–H and O–H groups in total. The first-order valence-corrected chi connectivity index (χ1v) is 3.73. The monoisotopic (exact) mass is 143 g/mol. The fourth-order valence-corrected chi connectivity index (χ4v) is 1.08. The quantitative estimate of drug-likeness (QED) is 0.558. The van der Waals surface area contributed by atoms with Crippen molar-refractivity contribution in [3.05, 3.63) is 12.7 Å². The van der Waals surface area contributed by atoms with Gasteiger partial charge in [-0.3, -0.25) is 0 Å². The minimum absolute atomic E-state index is 0.168. The summed E-state index contributed by atoms with van der Waals surface area (Å²) in [4.78, 5) is 0. The van der Waals surface area contributed by atoms with Gasteiger partial charge in [-0.25, -0.2) is 0 Å². The Balaban J connectivity index is 3.81. The molecule has 60 valence electrons. The molecule has 2 atom stereocenters. The van der Waals surface area contributed by atoms with E-state index >= 15 is 0 Å². The van der Waals surface area contributed by atoms with Gasteiger partial charge >= 0.3 is 0 Å². The molecule has 0 bridgehead atoms. The zero-order chi connectivity index (χ0) is 7.98. The molecule has 0 aromatic rings. The van der Waals surface area contributed by atoms with Crippen LogP contribution in [0.1, 0.15) is 13.3 Å². The Morgan fingerprint density at radius 1 is 1.70 bits per heavy atom. The Morgan fingerprint density at radius 2 is 2.30 bits per heavy atom. The Morgan fingerprint density at radius 3 is 2.40 bits per heavy atom. The molecule has 0 saturated heterocycles. The Hall–Kier alpha value is -0.340. The van der Waals surface area contributed by atoms with E-state index in [4.69, 9.17) is 10.8 Å². The smallest absolute Gasteiger partial charge is 0.0476 e. The number of hydrogen-bond acceptors (Lipinski definition) is 2. The second kappa shape index (κ2) is 5.45. The number of allylic oxidation sites excluding steroid dienone is 1. The highest BCUT2D eigenvalue weighted by atomic mass is 16.3. The summed E-state index contributed by atoms with van der Waals surface area (Å²) >= 11 is 0. The topological polar surface area (TPSA) is 46.2 Å². The third-order valence-electron chi connectivity index (χ3n) is 1.92. The lowest BCUT2D eigenvalue weighted by atomic mass is 9.91. The summed E-state index contributed by atoms with van der Waals surface area (Å²) in [5.41, 5.74) is 5.43. The van der Waals surface area contributed by atoms with Crippen molar-refractivity contribution in [3.8, 4) is 0 Å². The molecule has 0 aliphatic heterocycles. The van der Waals surface area contributed by atoms with Gasteiger partial charge < -0.3 is 10.8 Å². The van der Waals surface area contributed by atoms with Crippen molar-refractivity contribution in [3.63, 3.8) is 0 Å². The fraction of sp³-hybridized carbons (Fsp3) is 0.750. The van der Waals surface area contributed by atoms with Crippen molar-refractivity contribution in [2.24, 2.45) is 17.6 Å². The van der Waals surface area contributed by atoms with E-state index in [0.29, 0.717) is 12.5 Å². The van der Waals surface area contributed by atoms with Crippen LogP contribution in [0.15, 0.2) is 12.7 Å². The minimum Gasteiger partial charge on any atom is -0.396 e. The van der Waals surface area contributed by atoms with E-state index in [1.165, 1.54) is 0 Å². The lowest BCUT2D eigenvalue weighted by Gasteiger charge is -2.18. The molecule has 0 aliphatic rings. The van der Waals surface area contributed by atoms with Crippen LogP contribution in [-0.2, 0) is 0 Å². The summed E-state index contributed by atoms with van der Waals surface area (Å²) in [5, 5.41) is 8.83. The molecular weight excluding hydrogens is 126 g/mol. The minimum atomic E-state index is 0.168. The van der Waals surface area contributed by atoms with Crippen LogP contribution >= 0.6 is 0 Å². The standard InChI is InChI=1S/C8H17NO/c1-3-7(4-2)8(5-9)6-10/h3,7-8,10H,1,4-6,9H2,2H3/t7-,8+/m0/s1. The van der Waals surface area contributed by atoms with Crippen molar-refractivity contribution in [2.75, 3.05) is 13.2 Å². The molecule has 0 heterocycles. The van der Waals surface area contributed by atoms with Crippen LogP contribution in [0.4, 0.5) is 0 Å². The van der Waals surface area contributed by atoms with Crippen molar-refractivity contribution >= 4 is 0 Å². The highest BCUT2D eigenvalue weighted by Gasteiger charge is 2.13. The van der Waals surface area contributed by atoms with E-state index < -0.39 is 0 Å². The second-order valence-electron chi connectivity index (χ2n) is 2.49. The lowest BCUT2D eigenvalue weighted by molar-refractivity contribution is 0.196. The third kappa shape index (κ3) is 2.50. The molecule has 0 aliphatic carbocycles. The molecular formula is C8H17NO. The van der Waals surface area contributed by atoms with Crippen molar-refractivity contribution in [2.45, 2.75) is 13.3 Å². The van der Waals surface area contributed by atoms with Crippen LogP contribution in [0.5, 0.6) is 0 Å². The van der Waals surface area contributed by atoms with Crippen LogP contribution in [-0.4, -0.2) is 18.3 Å². The average molecular weight is 143 g/mol. The summed E-state index contributed by atoms with van der Waals surface area (Å²) in [7, 11) is 0. The van der Waals surface area contributed by atoms with Crippen LogP contribution in [0.2, 0.25) is 0 Å². The number of nitrogens with two attached hydrogens (primary N) is 1. The van der Waals surface area contributed by atoms with E-state index in [1.807, 2.05) is 6.08 Å². The van der Waals surface area contributed by atoms with Crippen LogP contribution < -0.4 is 5.73 Å². The van der Waals surface area contributed by atoms with Crippen molar-refractivity contribution in [1.29, 1.82) is 0 Å².